The van der Waals surface area contributed by atoms with Gasteiger partial charge in [0.15, 0.2) is 5.78 Å². The van der Waals surface area contributed by atoms with Crippen molar-refractivity contribution >= 4 is 69.1 Å². The molecule has 0 aliphatic rings. The number of imidazole rings is 1. The van der Waals surface area contributed by atoms with E-state index in [1.54, 1.807) is 75.7 Å². The number of aryl methyl sites for hydroxylation is 1. The predicted molar refractivity (Wildman–Crippen MR) is 145 cm³/mol. The van der Waals surface area contributed by atoms with Crippen molar-refractivity contribution in [1.29, 1.82) is 5.41 Å². The number of carbonyl (C=O) groups is 2. The fourth-order valence-corrected chi connectivity index (χ4v) is 4.72. The molecule has 0 bridgehead atoms. The van der Waals surface area contributed by atoms with Crippen molar-refractivity contribution in [3.05, 3.63) is 97.5 Å². The monoisotopic (exact) mass is 562 g/mol. The van der Waals surface area contributed by atoms with Crippen molar-refractivity contribution in [3.8, 4) is 0 Å². The van der Waals surface area contributed by atoms with Gasteiger partial charge in [-0.05, 0) is 61.0 Å². The van der Waals surface area contributed by atoms with Gasteiger partial charge in [0.25, 0.3) is 5.91 Å². The zero-order chi connectivity index (χ0) is 26.0. The summed E-state index contributed by atoms with van der Waals surface area (Å²) in [5, 5.41) is 10.5. The van der Waals surface area contributed by atoms with E-state index < -0.39 is 0 Å². The largest absolute Gasteiger partial charge is 0.342 e. The van der Waals surface area contributed by atoms with Crippen LogP contribution in [0.3, 0.4) is 0 Å². The fraction of sp³-hybridized carbons (Fsp3) is 0.192. The Hall–Kier alpha value is -2.77. The molecule has 1 aromatic heterocycles. The van der Waals surface area contributed by atoms with Gasteiger partial charge in [-0.15, -0.1) is 0 Å². The summed E-state index contributed by atoms with van der Waals surface area (Å²) in [4.78, 5) is 27.3. The normalized spacial score (nSPS) is 11.1. The number of amides is 1. The number of para-hydroxylation sites is 1. The maximum Gasteiger partial charge on any atom is 0.253 e. The maximum atomic E-state index is 12.9. The van der Waals surface area contributed by atoms with Gasteiger partial charge in [0, 0.05) is 36.3 Å². The van der Waals surface area contributed by atoms with Crippen LogP contribution in [0, 0.1) is 5.41 Å². The van der Waals surface area contributed by atoms with Gasteiger partial charge in [-0.2, -0.15) is 0 Å². The second-order valence-electron chi connectivity index (χ2n) is 8.31. The van der Waals surface area contributed by atoms with Crippen molar-refractivity contribution in [1.82, 2.24) is 14.0 Å². The molecule has 0 atom stereocenters. The number of nitrogens with one attached hydrogen (secondary N) is 1. The number of rotatable bonds is 8. The fourth-order valence-electron chi connectivity index (χ4n) is 4.02. The smallest absolute Gasteiger partial charge is 0.253 e. The molecule has 1 amide bonds. The lowest BCUT2D eigenvalue weighted by Crippen LogP contribution is -2.31. The van der Waals surface area contributed by atoms with Gasteiger partial charge in [0.2, 0.25) is 5.62 Å². The van der Waals surface area contributed by atoms with Crippen molar-refractivity contribution in [2.45, 2.75) is 19.5 Å². The Labute approximate surface area is 228 Å². The van der Waals surface area contributed by atoms with Gasteiger partial charge < -0.3 is 14.0 Å². The summed E-state index contributed by atoms with van der Waals surface area (Å²) in [6.45, 7) is 0.854. The van der Waals surface area contributed by atoms with E-state index in [1.807, 2.05) is 6.07 Å². The Bertz CT molecular complexity index is 1510. The number of Topliss-reactive ketones (excluding diaryl/α,β-unsaturated/α-hetero) is 1. The third kappa shape index (κ3) is 5.47. The Morgan fingerprint density at radius 1 is 0.861 bits per heavy atom. The average Bonchev–Trinajstić information content (AvgIpc) is 3.12. The van der Waals surface area contributed by atoms with Crippen LogP contribution in [0.1, 0.15) is 27.1 Å². The summed E-state index contributed by atoms with van der Waals surface area (Å²) in [6, 6.07) is 16.8. The molecule has 1 N–H and O–H groups in total. The van der Waals surface area contributed by atoms with Crippen LogP contribution in [-0.4, -0.2) is 39.3 Å². The molecule has 0 fully saturated rings. The summed E-state index contributed by atoms with van der Waals surface area (Å²) in [5.41, 5.74) is 2.47. The van der Waals surface area contributed by atoms with E-state index in [4.69, 9.17) is 51.8 Å². The van der Waals surface area contributed by atoms with E-state index in [0.717, 1.165) is 0 Å². The second-order valence-corrected chi connectivity index (χ2v) is 9.97. The summed E-state index contributed by atoms with van der Waals surface area (Å²) in [7, 11) is 1.71. The van der Waals surface area contributed by atoms with Crippen LogP contribution in [0.4, 0.5) is 0 Å². The van der Waals surface area contributed by atoms with Gasteiger partial charge >= 0.3 is 0 Å². The number of fused-ring (bicyclic) bond motifs is 1. The number of nitrogens with zero attached hydrogens (tertiary/aromatic N) is 3. The van der Waals surface area contributed by atoms with E-state index in [-0.39, 0.29) is 23.9 Å². The first kappa shape index (κ1) is 26.3. The minimum atomic E-state index is -0.182. The third-order valence-corrected chi connectivity index (χ3v) is 7.19. The first-order valence-electron chi connectivity index (χ1n) is 11.1. The van der Waals surface area contributed by atoms with Crippen LogP contribution < -0.4 is 5.62 Å². The molecule has 0 spiro atoms. The Morgan fingerprint density at radius 3 is 2.25 bits per heavy atom. The Morgan fingerprint density at radius 2 is 1.56 bits per heavy atom. The van der Waals surface area contributed by atoms with Crippen molar-refractivity contribution < 1.29 is 9.59 Å². The first-order chi connectivity index (χ1) is 17.2. The molecule has 0 saturated carbocycles. The highest BCUT2D eigenvalue weighted by Crippen LogP contribution is 2.25. The second kappa shape index (κ2) is 11.1. The molecule has 0 unspecified atom stereocenters. The van der Waals surface area contributed by atoms with E-state index >= 15 is 0 Å². The lowest BCUT2D eigenvalue weighted by atomic mass is 10.1. The molecule has 6 nitrogen and oxygen atoms in total. The van der Waals surface area contributed by atoms with E-state index in [2.05, 4.69) is 0 Å². The van der Waals surface area contributed by atoms with Crippen LogP contribution >= 0.6 is 46.4 Å². The van der Waals surface area contributed by atoms with Crippen molar-refractivity contribution in [2.75, 3.05) is 13.6 Å². The van der Waals surface area contributed by atoms with Crippen molar-refractivity contribution in [2.24, 2.45) is 0 Å². The molecule has 0 radical (unpaired) electrons. The molecule has 0 saturated heterocycles. The molecule has 4 aromatic rings. The lowest BCUT2D eigenvalue weighted by molar-refractivity contribution is 0.0791. The lowest BCUT2D eigenvalue weighted by Gasteiger charge is -2.18. The maximum absolute atomic E-state index is 12.9. The molecule has 186 valence electrons. The number of halogens is 4. The third-order valence-electron chi connectivity index (χ3n) is 5.89. The number of aromatic nitrogens is 2. The number of hydrogen-bond donors (Lipinski definition) is 1. The SMILES string of the molecule is CN(CCCn1c(=N)n(CC(=O)c2ccc(Cl)cc2)c2cccc(Cl)c21)C(=O)c1ccc(Cl)c(Cl)c1. The zero-order valence-corrected chi connectivity index (χ0v) is 22.3. The molecule has 3 aromatic carbocycles. The highest BCUT2D eigenvalue weighted by Gasteiger charge is 2.18. The topological polar surface area (TPSA) is 71.1 Å². The standard InChI is InChI=1S/C26H22Cl4N4O2/c1-32(25(36)17-8-11-19(28)21(30)14-17)12-3-13-33-24-20(29)4-2-5-22(24)34(26(33)31)15-23(35)16-6-9-18(27)10-7-16/h2,4-11,14,31H,3,12-13,15H2,1H3. The molecule has 0 aliphatic heterocycles. The zero-order valence-electron chi connectivity index (χ0n) is 19.3. The van der Waals surface area contributed by atoms with Gasteiger partial charge in [-0.3, -0.25) is 15.0 Å². The minimum absolute atomic E-state index is 0.0139. The molecule has 10 heteroatoms. The first-order valence-corrected chi connectivity index (χ1v) is 12.6. The highest BCUT2D eigenvalue weighted by molar-refractivity contribution is 6.42. The molecule has 36 heavy (non-hydrogen) atoms. The summed E-state index contributed by atoms with van der Waals surface area (Å²) in [5.74, 6) is -0.324. The van der Waals surface area contributed by atoms with E-state index in [1.165, 1.54) is 0 Å². The number of ketones is 1. The van der Waals surface area contributed by atoms with Crippen LogP contribution in [0.2, 0.25) is 20.1 Å². The van der Waals surface area contributed by atoms with Gasteiger partial charge in [-0.1, -0.05) is 52.5 Å². The predicted octanol–water partition coefficient (Wildman–Crippen LogP) is 6.58. The molecule has 4 rings (SSSR count). The summed E-state index contributed by atoms with van der Waals surface area (Å²) >= 11 is 24.4. The van der Waals surface area contributed by atoms with Gasteiger partial charge in [-0.25, -0.2) is 0 Å². The van der Waals surface area contributed by atoms with E-state index in [0.29, 0.717) is 61.8 Å². The molecular weight excluding hydrogens is 542 g/mol. The average molecular weight is 564 g/mol. The van der Waals surface area contributed by atoms with Crippen molar-refractivity contribution in [3.63, 3.8) is 0 Å². The van der Waals surface area contributed by atoms with Gasteiger partial charge in [0.05, 0.1) is 32.6 Å². The highest BCUT2D eigenvalue weighted by atomic mass is 35.5. The van der Waals surface area contributed by atoms with Crippen LogP contribution in [-0.2, 0) is 13.1 Å². The number of benzene rings is 3. The number of hydrogen-bond acceptors (Lipinski definition) is 3. The quantitative estimate of drug-likeness (QED) is 0.246. The Balaban J connectivity index is 1.54. The molecule has 0 aliphatic carbocycles. The van der Waals surface area contributed by atoms with Crippen LogP contribution in [0.25, 0.3) is 11.0 Å². The number of carbonyl (C=O) groups excluding carboxylic acids is 2. The summed E-state index contributed by atoms with van der Waals surface area (Å²) in [6.07, 6.45) is 0.565. The molecular formula is C26H22Cl4N4O2. The Kier molecular flexibility index (Phi) is 8.10. The minimum Gasteiger partial charge on any atom is -0.342 e. The van der Waals surface area contributed by atoms with Crippen LogP contribution in [0.15, 0.2) is 60.7 Å². The van der Waals surface area contributed by atoms with Gasteiger partial charge in [0.1, 0.15) is 0 Å². The van der Waals surface area contributed by atoms with E-state index in [9.17, 15) is 9.59 Å². The van der Waals surface area contributed by atoms with Crippen LogP contribution in [0.5, 0.6) is 0 Å². The summed E-state index contributed by atoms with van der Waals surface area (Å²) < 4.78 is 3.41. The molecule has 1 heterocycles.